The van der Waals surface area contributed by atoms with E-state index in [0.717, 1.165) is 22.3 Å². The van der Waals surface area contributed by atoms with Crippen molar-refractivity contribution >= 4 is 39.9 Å². The number of anilines is 1. The Hall–Kier alpha value is -3.06. The first kappa shape index (κ1) is 20.2. The van der Waals surface area contributed by atoms with Crippen molar-refractivity contribution < 1.29 is 9.90 Å². The molecule has 0 saturated carbocycles. The van der Waals surface area contributed by atoms with Gasteiger partial charge in [-0.1, -0.05) is 36.4 Å². The van der Waals surface area contributed by atoms with Crippen LogP contribution in [0.5, 0.6) is 5.75 Å². The van der Waals surface area contributed by atoms with E-state index in [1.54, 1.807) is 18.2 Å². The van der Waals surface area contributed by atoms with Crippen molar-refractivity contribution in [3.05, 3.63) is 59.2 Å². The van der Waals surface area contributed by atoms with Crippen LogP contribution in [0.25, 0.3) is 16.6 Å². The Balaban J connectivity index is 1.72. The highest BCUT2D eigenvalue weighted by Crippen LogP contribution is 2.31. The summed E-state index contributed by atoms with van der Waals surface area (Å²) in [5, 5.41) is 22.8. The third kappa shape index (κ3) is 3.73. The van der Waals surface area contributed by atoms with Crippen LogP contribution >= 0.6 is 11.8 Å². The Kier molecular flexibility index (Phi) is 5.39. The van der Waals surface area contributed by atoms with Crippen molar-refractivity contribution in [1.29, 1.82) is 0 Å². The van der Waals surface area contributed by atoms with Crippen molar-refractivity contribution in [2.45, 2.75) is 44.5 Å². The largest absolute Gasteiger partial charge is 0.508 e. The van der Waals surface area contributed by atoms with Crippen LogP contribution in [0.15, 0.2) is 47.6 Å². The highest BCUT2D eigenvalue weighted by molar-refractivity contribution is 8.00. The second-order valence-corrected chi connectivity index (χ2v) is 8.71. The topological polar surface area (TPSA) is 79.5 Å². The van der Waals surface area contributed by atoms with Crippen LogP contribution in [0.2, 0.25) is 0 Å². The third-order valence-corrected chi connectivity index (χ3v) is 6.43. The number of benzene rings is 2. The van der Waals surface area contributed by atoms with Gasteiger partial charge in [0.15, 0.2) is 10.8 Å². The molecule has 7 heteroatoms. The quantitative estimate of drug-likeness (QED) is 0.443. The van der Waals surface area contributed by atoms with E-state index in [2.05, 4.69) is 48.4 Å². The lowest BCUT2D eigenvalue weighted by atomic mass is 10.0. The van der Waals surface area contributed by atoms with E-state index in [1.807, 2.05) is 17.4 Å². The molecule has 0 radical (unpaired) electrons. The first-order valence-electron chi connectivity index (χ1n) is 9.89. The average Bonchev–Trinajstić information content (AvgIpc) is 3.08. The molecule has 2 aromatic carbocycles. The number of phenolic OH excluding ortho intramolecular Hbond substituents is 1. The summed E-state index contributed by atoms with van der Waals surface area (Å²) in [6.45, 7) is 8.24. The number of carbonyl (C=O) groups is 1. The van der Waals surface area contributed by atoms with Crippen molar-refractivity contribution in [2.75, 3.05) is 5.32 Å². The smallest absolute Gasteiger partial charge is 0.237 e. The van der Waals surface area contributed by atoms with E-state index < -0.39 is 0 Å². The van der Waals surface area contributed by atoms with Crippen molar-refractivity contribution in [3.8, 4) is 5.75 Å². The number of hydrogen-bond donors (Lipinski definition) is 2. The van der Waals surface area contributed by atoms with Gasteiger partial charge in [0.05, 0.1) is 10.8 Å². The maximum absolute atomic E-state index is 12.9. The molecule has 30 heavy (non-hydrogen) atoms. The minimum atomic E-state index is -0.346. The molecule has 0 spiro atoms. The number of nitrogens with zero attached hydrogens (tertiary/aromatic N) is 3. The van der Waals surface area contributed by atoms with Gasteiger partial charge in [0.1, 0.15) is 5.75 Å². The lowest BCUT2D eigenvalue weighted by molar-refractivity contribution is -0.115. The normalized spacial score (nSPS) is 12.4. The number of amides is 1. The fraction of sp³-hybridized carbons (Fsp3) is 0.261. The van der Waals surface area contributed by atoms with Gasteiger partial charge in [0.25, 0.3) is 0 Å². The number of nitrogens with one attached hydrogen (secondary N) is 1. The van der Waals surface area contributed by atoms with Crippen LogP contribution < -0.4 is 5.32 Å². The first-order chi connectivity index (χ1) is 14.4. The monoisotopic (exact) mass is 420 g/mol. The van der Waals surface area contributed by atoms with Gasteiger partial charge in [0.2, 0.25) is 5.91 Å². The molecule has 0 fully saturated rings. The van der Waals surface area contributed by atoms with Gasteiger partial charge >= 0.3 is 0 Å². The van der Waals surface area contributed by atoms with Gasteiger partial charge in [-0.25, -0.2) is 0 Å². The van der Waals surface area contributed by atoms with Crippen LogP contribution in [0.1, 0.15) is 30.0 Å². The van der Waals surface area contributed by atoms with Crippen LogP contribution in [-0.4, -0.2) is 30.9 Å². The maximum atomic E-state index is 12.9. The van der Waals surface area contributed by atoms with Gasteiger partial charge in [-0.3, -0.25) is 9.20 Å². The summed E-state index contributed by atoms with van der Waals surface area (Å²) in [6, 6.07) is 12.9. The summed E-state index contributed by atoms with van der Waals surface area (Å²) >= 11 is 1.40. The molecule has 1 atom stereocenters. The van der Waals surface area contributed by atoms with E-state index in [0.29, 0.717) is 17.3 Å². The molecular weight excluding hydrogens is 396 g/mol. The number of phenols is 1. The van der Waals surface area contributed by atoms with Crippen LogP contribution in [0.4, 0.5) is 5.69 Å². The molecule has 0 bridgehead atoms. The van der Waals surface area contributed by atoms with E-state index >= 15 is 0 Å². The zero-order valence-corrected chi connectivity index (χ0v) is 18.2. The summed E-state index contributed by atoms with van der Waals surface area (Å²) in [4.78, 5) is 12.9. The van der Waals surface area contributed by atoms with Crippen molar-refractivity contribution in [1.82, 2.24) is 14.6 Å². The Bertz CT molecular complexity index is 1270. The Morgan fingerprint density at radius 1 is 1.13 bits per heavy atom. The van der Waals surface area contributed by atoms with Gasteiger partial charge in [-0.15, -0.1) is 10.2 Å². The minimum Gasteiger partial charge on any atom is -0.508 e. The number of carbonyl (C=O) groups excluding carboxylic acids is 1. The molecular formula is C23H24N4O2S. The van der Waals surface area contributed by atoms with E-state index in [4.69, 9.17) is 0 Å². The van der Waals surface area contributed by atoms with Crippen LogP contribution in [0, 0.1) is 20.8 Å². The van der Waals surface area contributed by atoms with Gasteiger partial charge < -0.3 is 10.4 Å². The number of thioether (sulfide) groups is 1. The number of hydrogen-bond acceptors (Lipinski definition) is 5. The number of aromatic nitrogens is 3. The molecule has 0 aliphatic heterocycles. The summed E-state index contributed by atoms with van der Waals surface area (Å²) < 4.78 is 2.05. The molecule has 1 unspecified atom stereocenters. The number of aromatic hydroxyl groups is 1. The fourth-order valence-electron chi connectivity index (χ4n) is 3.75. The maximum Gasteiger partial charge on any atom is 0.237 e. The van der Waals surface area contributed by atoms with Crippen molar-refractivity contribution in [2.24, 2.45) is 0 Å². The Morgan fingerprint density at radius 3 is 2.67 bits per heavy atom. The molecule has 2 N–H and O–H groups in total. The highest BCUT2D eigenvalue weighted by Gasteiger charge is 2.22. The molecule has 0 aliphatic carbocycles. The molecule has 4 aromatic rings. The highest BCUT2D eigenvalue weighted by atomic mass is 32.2. The summed E-state index contributed by atoms with van der Waals surface area (Å²) in [7, 11) is 0. The predicted molar refractivity (Wildman–Crippen MR) is 121 cm³/mol. The molecule has 4 rings (SSSR count). The average molecular weight is 421 g/mol. The van der Waals surface area contributed by atoms with Crippen molar-refractivity contribution in [3.63, 3.8) is 0 Å². The fourth-order valence-corrected chi connectivity index (χ4v) is 4.71. The van der Waals surface area contributed by atoms with E-state index in [-0.39, 0.29) is 16.9 Å². The predicted octanol–water partition coefficient (Wildman–Crippen LogP) is 5.02. The summed E-state index contributed by atoms with van der Waals surface area (Å²) in [5.41, 5.74) is 5.93. The van der Waals surface area contributed by atoms with Gasteiger partial charge in [-0.05, 0) is 62.6 Å². The Labute approximate surface area is 179 Å². The second kappa shape index (κ2) is 7.99. The number of fused-ring (bicyclic) bond motifs is 3. The molecule has 6 nitrogen and oxygen atoms in total. The zero-order valence-electron chi connectivity index (χ0n) is 17.4. The van der Waals surface area contributed by atoms with Gasteiger partial charge in [-0.2, -0.15) is 0 Å². The summed E-state index contributed by atoms with van der Waals surface area (Å²) in [5.74, 6) is -0.0154. The molecule has 2 heterocycles. The number of rotatable bonds is 5. The molecule has 0 saturated heterocycles. The SMILES string of the molecule is CCC(Sc1nnc2cc(C)c3cc(C)cc(C)c3n12)C(=O)Nc1cccc(O)c1. The number of pyridine rings is 1. The Morgan fingerprint density at radius 2 is 1.93 bits per heavy atom. The minimum absolute atomic E-state index is 0.115. The first-order valence-corrected chi connectivity index (χ1v) is 10.8. The lowest BCUT2D eigenvalue weighted by Crippen LogP contribution is -2.24. The van der Waals surface area contributed by atoms with E-state index in [9.17, 15) is 9.90 Å². The summed E-state index contributed by atoms with van der Waals surface area (Å²) in [6.07, 6.45) is 0.631. The molecule has 154 valence electrons. The molecule has 1 amide bonds. The molecule has 2 aromatic heterocycles. The second-order valence-electron chi connectivity index (χ2n) is 7.54. The van der Waals surface area contributed by atoms with Crippen LogP contribution in [-0.2, 0) is 4.79 Å². The van der Waals surface area contributed by atoms with Crippen LogP contribution in [0.3, 0.4) is 0 Å². The number of aryl methyl sites for hydroxylation is 3. The third-order valence-electron chi connectivity index (χ3n) is 5.12. The zero-order chi connectivity index (χ0) is 21.4. The standard InChI is InChI=1S/C23H24N4O2S/c1-5-19(22(29)24-16-7-6-8-17(28)12-16)30-23-26-25-20-11-14(3)18-10-13(2)9-15(4)21(18)27(20)23/h6-12,19,28H,5H2,1-4H3,(H,24,29). The van der Waals surface area contributed by atoms with Gasteiger partial charge in [0, 0.05) is 17.1 Å². The van der Waals surface area contributed by atoms with E-state index in [1.165, 1.54) is 28.8 Å². The molecule has 0 aliphatic rings. The lowest BCUT2D eigenvalue weighted by Gasteiger charge is -2.15.